The Morgan fingerprint density at radius 2 is 0.968 bits per heavy atom. The molecule has 0 fully saturated rings. The van der Waals surface area contributed by atoms with Gasteiger partial charge in [-0.2, -0.15) is 0 Å². The Morgan fingerprint density at radius 1 is 0.484 bits per heavy atom. The zero-order valence-electron chi connectivity index (χ0n) is 16.9. The summed E-state index contributed by atoms with van der Waals surface area (Å²) in [5.41, 5.74) is 4.00. The molecular formula is C29H21ClO. The average molecular weight is 421 g/mol. The first-order valence-electron chi connectivity index (χ1n) is 10.3. The molecule has 5 aromatic rings. The Morgan fingerprint density at radius 3 is 1.45 bits per heavy atom. The molecule has 0 aliphatic rings. The van der Waals surface area contributed by atoms with Gasteiger partial charge in [-0.15, -0.1) is 0 Å². The molecule has 0 aromatic heterocycles. The van der Waals surface area contributed by atoms with Crippen molar-refractivity contribution in [2.24, 2.45) is 0 Å². The molecule has 1 N–H and O–H groups in total. The SMILES string of the molecule is Oc1ccc(Cl)c2ccc(C(c3ccccc3)(c3ccccc3)c3ccccc3)cc12. The minimum Gasteiger partial charge on any atom is -0.507 e. The summed E-state index contributed by atoms with van der Waals surface area (Å²) in [5.74, 6) is 0.226. The smallest absolute Gasteiger partial charge is 0.123 e. The van der Waals surface area contributed by atoms with Gasteiger partial charge < -0.3 is 5.11 Å². The van der Waals surface area contributed by atoms with Crippen LogP contribution in [0, 0.1) is 0 Å². The second-order valence-corrected chi connectivity index (χ2v) is 8.08. The van der Waals surface area contributed by atoms with Crippen LogP contribution >= 0.6 is 11.6 Å². The summed E-state index contributed by atoms with van der Waals surface area (Å²) in [7, 11) is 0. The van der Waals surface area contributed by atoms with Gasteiger partial charge in [0, 0.05) is 15.8 Å². The highest BCUT2D eigenvalue weighted by atomic mass is 35.5. The normalized spacial score (nSPS) is 11.5. The summed E-state index contributed by atoms with van der Waals surface area (Å²) in [5, 5.41) is 12.9. The van der Waals surface area contributed by atoms with Gasteiger partial charge in [0.2, 0.25) is 0 Å². The lowest BCUT2D eigenvalue weighted by molar-refractivity contribution is 0.481. The summed E-state index contributed by atoms with van der Waals surface area (Å²) >= 11 is 6.44. The molecule has 0 aliphatic carbocycles. The molecule has 0 radical (unpaired) electrons. The maximum atomic E-state index is 10.6. The molecule has 0 bridgehead atoms. The maximum Gasteiger partial charge on any atom is 0.123 e. The molecular weight excluding hydrogens is 400 g/mol. The van der Waals surface area contributed by atoms with Crippen molar-refractivity contribution in [1.82, 2.24) is 0 Å². The number of hydrogen-bond acceptors (Lipinski definition) is 1. The van der Waals surface area contributed by atoms with Crippen molar-refractivity contribution in [2.75, 3.05) is 0 Å². The lowest BCUT2D eigenvalue weighted by Crippen LogP contribution is -2.30. The van der Waals surface area contributed by atoms with Crippen molar-refractivity contribution in [1.29, 1.82) is 0 Å². The van der Waals surface area contributed by atoms with Gasteiger partial charge in [0.15, 0.2) is 0 Å². The van der Waals surface area contributed by atoms with Gasteiger partial charge in [0.1, 0.15) is 5.75 Å². The van der Waals surface area contributed by atoms with Crippen LogP contribution in [-0.2, 0) is 5.41 Å². The quantitative estimate of drug-likeness (QED) is 0.297. The molecule has 5 aromatic carbocycles. The lowest BCUT2D eigenvalue weighted by Gasteiger charge is -2.37. The second-order valence-electron chi connectivity index (χ2n) is 7.67. The summed E-state index contributed by atoms with van der Waals surface area (Å²) in [4.78, 5) is 0. The van der Waals surface area contributed by atoms with Crippen molar-refractivity contribution in [2.45, 2.75) is 5.41 Å². The van der Waals surface area contributed by atoms with E-state index >= 15 is 0 Å². The standard InChI is InChI=1S/C29H21ClO/c30-27-18-19-28(31)26-20-24(16-17-25(26)27)29(21-10-4-1-5-11-21,22-12-6-2-7-13-22)23-14-8-3-9-15-23/h1-20,31H. The highest BCUT2D eigenvalue weighted by Crippen LogP contribution is 2.46. The number of benzene rings is 5. The predicted octanol–water partition coefficient (Wildman–Crippen LogP) is 7.58. The molecule has 2 heteroatoms. The van der Waals surface area contributed by atoms with Crippen LogP contribution in [0.3, 0.4) is 0 Å². The number of halogens is 1. The highest BCUT2D eigenvalue weighted by Gasteiger charge is 2.38. The minimum absolute atomic E-state index is 0.226. The van der Waals surface area contributed by atoms with Gasteiger partial charge in [-0.1, -0.05) is 115 Å². The third kappa shape index (κ3) is 3.19. The maximum absolute atomic E-state index is 10.6. The van der Waals surface area contributed by atoms with Crippen LogP contribution in [0.5, 0.6) is 5.75 Å². The monoisotopic (exact) mass is 420 g/mol. The van der Waals surface area contributed by atoms with Gasteiger partial charge in [-0.25, -0.2) is 0 Å². The largest absolute Gasteiger partial charge is 0.507 e. The minimum atomic E-state index is -0.549. The number of phenols is 1. The van der Waals surface area contributed by atoms with Crippen LogP contribution < -0.4 is 0 Å². The molecule has 1 nitrogen and oxygen atoms in total. The number of aromatic hydroxyl groups is 1. The molecule has 5 rings (SSSR count). The predicted molar refractivity (Wildman–Crippen MR) is 129 cm³/mol. The first kappa shape index (κ1) is 19.4. The molecule has 0 amide bonds. The molecule has 31 heavy (non-hydrogen) atoms. The Labute approximate surface area is 187 Å². The lowest BCUT2D eigenvalue weighted by atomic mass is 9.65. The van der Waals surface area contributed by atoms with E-state index in [1.165, 1.54) is 0 Å². The van der Waals surface area contributed by atoms with Crippen LogP contribution in [0.4, 0.5) is 0 Å². The van der Waals surface area contributed by atoms with Gasteiger partial charge in [0.05, 0.1) is 5.41 Å². The molecule has 0 aliphatic heterocycles. The summed E-state index contributed by atoms with van der Waals surface area (Å²) in [6.07, 6.45) is 0. The van der Waals surface area contributed by atoms with Crippen molar-refractivity contribution >= 4 is 22.4 Å². The van der Waals surface area contributed by atoms with E-state index in [1.807, 2.05) is 24.3 Å². The molecule has 0 saturated carbocycles. The third-order valence-electron chi connectivity index (χ3n) is 5.99. The van der Waals surface area contributed by atoms with Crippen molar-refractivity contribution < 1.29 is 5.11 Å². The van der Waals surface area contributed by atoms with Crippen molar-refractivity contribution in [3.63, 3.8) is 0 Å². The van der Waals surface area contributed by atoms with Crippen LogP contribution in [0.15, 0.2) is 121 Å². The van der Waals surface area contributed by atoms with Crippen molar-refractivity contribution in [3.05, 3.63) is 149 Å². The van der Waals surface area contributed by atoms with Gasteiger partial charge in [-0.05, 0) is 40.5 Å². The molecule has 0 atom stereocenters. The zero-order valence-corrected chi connectivity index (χ0v) is 17.6. The summed E-state index contributed by atoms with van der Waals surface area (Å²) in [6, 6.07) is 41.2. The Hall–Kier alpha value is -3.55. The molecule has 0 heterocycles. The van der Waals surface area contributed by atoms with Gasteiger partial charge in [-0.3, -0.25) is 0 Å². The number of hydrogen-bond donors (Lipinski definition) is 1. The van der Waals surface area contributed by atoms with Crippen molar-refractivity contribution in [3.8, 4) is 5.75 Å². The van der Waals surface area contributed by atoms with E-state index in [2.05, 4.69) is 84.9 Å². The van der Waals surface area contributed by atoms with Crippen LogP contribution in [0.25, 0.3) is 10.8 Å². The van der Waals surface area contributed by atoms with E-state index in [9.17, 15) is 5.11 Å². The number of phenolic OH excluding ortho intramolecular Hbond substituents is 1. The molecule has 0 unspecified atom stereocenters. The van der Waals surface area contributed by atoms with E-state index in [4.69, 9.17) is 11.6 Å². The molecule has 0 saturated heterocycles. The van der Waals surface area contributed by atoms with Gasteiger partial charge in [0.25, 0.3) is 0 Å². The second kappa shape index (κ2) is 7.94. The van der Waals surface area contributed by atoms with E-state index in [0.717, 1.165) is 33.0 Å². The summed E-state index contributed by atoms with van der Waals surface area (Å²) in [6.45, 7) is 0. The van der Waals surface area contributed by atoms with Crippen LogP contribution in [0.2, 0.25) is 5.02 Å². The Bertz CT molecular complexity index is 1230. The highest BCUT2D eigenvalue weighted by molar-refractivity contribution is 6.35. The Kier molecular flexibility index (Phi) is 4.97. The van der Waals surface area contributed by atoms with Crippen LogP contribution in [0.1, 0.15) is 22.3 Å². The third-order valence-corrected chi connectivity index (χ3v) is 6.32. The fourth-order valence-electron chi connectivity index (χ4n) is 4.59. The van der Waals surface area contributed by atoms with Crippen LogP contribution in [-0.4, -0.2) is 5.11 Å². The first-order chi connectivity index (χ1) is 15.2. The topological polar surface area (TPSA) is 20.2 Å². The zero-order chi connectivity index (χ0) is 21.3. The van der Waals surface area contributed by atoms with E-state index in [0.29, 0.717) is 5.02 Å². The fraction of sp³-hybridized carbons (Fsp3) is 0.0345. The van der Waals surface area contributed by atoms with Gasteiger partial charge >= 0.3 is 0 Å². The molecule has 0 spiro atoms. The number of rotatable bonds is 4. The van der Waals surface area contributed by atoms with E-state index in [1.54, 1.807) is 12.1 Å². The fourth-order valence-corrected chi connectivity index (χ4v) is 4.82. The molecule has 150 valence electrons. The number of fused-ring (bicyclic) bond motifs is 1. The first-order valence-corrected chi connectivity index (χ1v) is 10.7. The average Bonchev–Trinajstić information content (AvgIpc) is 2.84. The van der Waals surface area contributed by atoms with E-state index < -0.39 is 5.41 Å². The van der Waals surface area contributed by atoms with E-state index in [-0.39, 0.29) is 5.75 Å². The summed E-state index contributed by atoms with van der Waals surface area (Å²) < 4.78 is 0. The Balaban J connectivity index is 1.93.